The number of hydrogen-bond acceptors (Lipinski definition) is 4. The number of carboxylic acids is 1. The van der Waals surface area contributed by atoms with Crippen LogP contribution in [0.1, 0.15) is 0 Å². The summed E-state index contributed by atoms with van der Waals surface area (Å²) >= 11 is 0. The van der Waals surface area contributed by atoms with Crippen LogP contribution in [-0.2, 0) is 14.3 Å². The highest BCUT2D eigenvalue weighted by molar-refractivity contribution is 5.96. The van der Waals surface area contributed by atoms with E-state index in [1.165, 1.54) is 12.1 Å². The van der Waals surface area contributed by atoms with Gasteiger partial charge in [-0.1, -0.05) is 12.2 Å². The quantitative estimate of drug-likeness (QED) is 0.564. The van der Waals surface area contributed by atoms with Crippen molar-refractivity contribution in [1.82, 2.24) is 0 Å². The smallest absolute Gasteiger partial charge is 0.310 e. The van der Waals surface area contributed by atoms with Crippen LogP contribution in [0.15, 0.2) is 36.4 Å². The van der Waals surface area contributed by atoms with Gasteiger partial charge in [0.25, 0.3) is 0 Å². The number of nitrogens with one attached hydrogen (secondary N) is 1. The molecule has 104 valence electrons. The molecule has 3 rings (SSSR count). The highest BCUT2D eigenvalue weighted by atomic mass is 16.5. The Morgan fingerprint density at radius 1 is 1.05 bits per heavy atom. The number of phenols is 1. The molecule has 4 atom stereocenters. The van der Waals surface area contributed by atoms with E-state index in [1.54, 1.807) is 24.3 Å². The van der Waals surface area contributed by atoms with E-state index in [1.807, 2.05) is 0 Å². The number of hydrogen-bond donors (Lipinski definition) is 3. The molecule has 2 aliphatic rings. The number of benzene rings is 1. The van der Waals surface area contributed by atoms with Crippen molar-refractivity contribution >= 4 is 17.6 Å². The maximum absolute atomic E-state index is 12.3. The van der Waals surface area contributed by atoms with Crippen molar-refractivity contribution in [2.24, 2.45) is 11.8 Å². The Hall–Kier alpha value is -2.34. The lowest BCUT2D eigenvalue weighted by Gasteiger charge is -2.20. The number of phenolic OH excluding ortho intramolecular Hbond substituents is 1. The van der Waals surface area contributed by atoms with E-state index in [4.69, 9.17) is 4.74 Å². The van der Waals surface area contributed by atoms with Crippen molar-refractivity contribution in [3.63, 3.8) is 0 Å². The summed E-state index contributed by atoms with van der Waals surface area (Å²) in [6.45, 7) is 0. The maximum atomic E-state index is 12.3. The number of anilines is 1. The summed E-state index contributed by atoms with van der Waals surface area (Å²) in [5.74, 6) is -2.93. The highest BCUT2D eigenvalue weighted by Crippen LogP contribution is 2.39. The first-order valence-corrected chi connectivity index (χ1v) is 6.23. The van der Waals surface area contributed by atoms with Crippen molar-refractivity contribution in [2.75, 3.05) is 5.32 Å². The third kappa shape index (κ3) is 2.04. The zero-order valence-corrected chi connectivity index (χ0v) is 10.4. The van der Waals surface area contributed by atoms with Crippen molar-refractivity contribution < 1.29 is 24.5 Å². The van der Waals surface area contributed by atoms with Crippen molar-refractivity contribution in [1.29, 1.82) is 0 Å². The molecule has 2 heterocycles. The molecule has 20 heavy (non-hydrogen) atoms. The molecule has 1 fully saturated rings. The molecule has 2 aliphatic heterocycles. The first-order chi connectivity index (χ1) is 9.56. The van der Waals surface area contributed by atoms with Gasteiger partial charge in [-0.25, -0.2) is 0 Å². The van der Waals surface area contributed by atoms with E-state index in [-0.39, 0.29) is 11.7 Å². The summed E-state index contributed by atoms with van der Waals surface area (Å²) in [4.78, 5) is 23.5. The Balaban J connectivity index is 1.78. The Labute approximate surface area is 114 Å². The van der Waals surface area contributed by atoms with Crippen LogP contribution in [0.2, 0.25) is 0 Å². The summed E-state index contributed by atoms with van der Waals surface area (Å²) in [6.07, 6.45) is 2.39. The Morgan fingerprint density at radius 2 is 1.65 bits per heavy atom. The number of ether oxygens (including phenoxy) is 1. The number of carbonyl (C=O) groups excluding carboxylic acids is 1. The van der Waals surface area contributed by atoms with Gasteiger partial charge in [0.15, 0.2) is 0 Å². The Bertz CT molecular complexity index is 580. The molecule has 0 aliphatic carbocycles. The van der Waals surface area contributed by atoms with E-state index in [0.29, 0.717) is 5.69 Å². The van der Waals surface area contributed by atoms with Gasteiger partial charge in [0.2, 0.25) is 5.91 Å². The number of aliphatic carboxylic acids is 1. The highest BCUT2D eigenvalue weighted by Gasteiger charge is 2.53. The minimum atomic E-state index is -1.03. The van der Waals surface area contributed by atoms with Gasteiger partial charge in [-0.05, 0) is 24.3 Å². The third-order valence-electron chi connectivity index (χ3n) is 3.62. The molecule has 1 saturated heterocycles. The van der Waals surface area contributed by atoms with Crippen LogP contribution in [0.4, 0.5) is 5.69 Å². The van der Waals surface area contributed by atoms with Gasteiger partial charge in [-0.15, -0.1) is 0 Å². The second kappa shape index (κ2) is 4.64. The zero-order valence-electron chi connectivity index (χ0n) is 10.4. The summed E-state index contributed by atoms with van der Waals surface area (Å²) in [5.41, 5.74) is 0.503. The van der Waals surface area contributed by atoms with E-state index >= 15 is 0 Å². The lowest BCUT2D eigenvalue weighted by atomic mass is 9.82. The molecule has 6 heteroatoms. The number of fused-ring (bicyclic) bond motifs is 2. The summed E-state index contributed by atoms with van der Waals surface area (Å²) in [7, 11) is 0. The average molecular weight is 275 g/mol. The normalized spacial score (nSPS) is 30.4. The molecule has 1 aromatic rings. The summed E-state index contributed by atoms with van der Waals surface area (Å²) in [5, 5.41) is 21.1. The van der Waals surface area contributed by atoms with E-state index in [9.17, 15) is 19.8 Å². The standard InChI is InChI=1S/C14H13NO5/c16-8-3-1-7(2-4-8)15-13(17)11-9-5-6-10(20-9)12(11)14(18)19/h1-6,9-12,16H,(H,15,17)(H,18,19)/t9-,10+,11-,12-/m0/s1. The first kappa shape index (κ1) is 12.7. The second-order valence-corrected chi connectivity index (χ2v) is 4.88. The fraction of sp³-hybridized carbons (Fsp3) is 0.286. The number of amides is 1. The molecule has 3 N–H and O–H groups in total. The average Bonchev–Trinajstić information content (AvgIpc) is 3.01. The van der Waals surface area contributed by atoms with Crippen LogP contribution >= 0.6 is 0 Å². The fourth-order valence-corrected chi connectivity index (χ4v) is 2.69. The van der Waals surface area contributed by atoms with Gasteiger partial charge in [-0.3, -0.25) is 9.59 Å². The Kier molecular flexibility index (Phi) is 2.94. The minimum absolute atomic E-state index is 0.0950. The van der Waals surface area contributed by atoms with Crippen LogP contribution in [-0.4, -0.2) is 34.3 Å². The van der Waals surface area contributed by atoms with Crippen LogP contribution in [0.3, 0.4) is 0 Å². The molecular weight excluding hydrogens is 262 g/mol. The largest absolute Gasteiger partial charge is 0.508 e. The van der Waals surface area contributed by atoms with Gasteiger partial charge >= 0.3 is 5.97 Å². The van der Waals surface area contributed by atoms with Crippen LogP contribution in [0.25, 0.3) is 0 Å². The van der Waals surface area contributed by atoms with Crippen LogP contribution in [0, 0.1) is 11.8 Å². The molecule has 0 spiro atoms. The first-order valence-electron chi connectivity index (χ1n) is 6.23. The number of carboxylic acid groups (broad SMARTS) is 1. The fourth-order valence-electron chi connectivity index (χ4n) is 2.69. The molecule has 1 amide bonds. The molecular formula is C14H13NO5. The Morgan fingerprint density at radius 3 is 2.25 bits per heavy atom. The van der Waals surface area contributed by atoms with Gasteiger partial charge in [0.05, 0.1) is 18.1 Å². The SMILES string of the molecule is O=C(Nc1ccc(O)cc1)[C@@H]1[C@@H](C(=O)O)[C@H]2C=C[C@@H]1O2. The molecule has 0 radical (unpaired) electrons. The van der Waals surface area contributed by atoms with Gasteiger partial charge in [0.1, 0.15) is 11.7 Å². The molecule has 6 nitrogen and oxygen atoms in total. The van der Waals surface area contributed by atoms with E-state index in [2.05, 4.69) is 5.32 Å². The topological polar surface area (TPSA) is 95.9 Å². The lowest BCUT2D eigenvalue weighted by molar-refractivity contribution is -0.145. The van der Waals surface area contributed by atoms with Crippen molar-refractivity contribution in [3.8, 4) is 5.75 Å². The van der Waals surface area contributed by atoms with Crippen LogP contribution < -0.4 is 5.32 Å². The van der Waals surface area contributed by atoms with Crippen molar-refractivity contribution in [2.45, 2.75) is 12.2 Å². The molecule has 0 aromatic heterocycles. The number of rotatable bonds is 3. The van der Waals surface area contributed by atoms with Gasteiger partial charge in [0, 0.05) is 5.69 Å². The number of aromatic hydroxyl groups is 1. The molecule has 1 aromatic carbocycles. The van der Waals surface area contributed by atoms with E-state index in [0.717, 1.165) is 0 Å². The van der Waals surface area contributed by atoms with E-state index < -0.39 is 30.0 Å². The van der Waals surface area contributed by atoms with Gasteiger partial charge < -0.3 is 20.3 Å². The minimum Gasteiger partial charge on any atom is -0.508 e. The van der Waals surface area contributed by atoms with Crippen molar-refractivity contribution in [3.05, 3.63) is 36.4 Å². The summed E-state index contributed by atoms with van der Waals surface area (Å²) < 4.78 is 5.44. The molecule has 0 unspecified atom stereocenters. The zero-order chi connectivity index (χ0) is 14.3. The maximum Gasteiger partial charge on any atom is 0.310 e. The second-order valence-electron chi connectivity index (χ2n) is 4.88. The predicted octanol–water partition coefficient (Wildman–Crippen LogP) is 0.985. The molecule has 0 saturated carbocycles. The van der Waals surface area contributed by atoms with Gasteiger partial charge in [-0.2, -0.15) is 0 Å². The lowest BCUT2D eigenvalue weighted by Crippen LogP contribution is -2.39. The number of carbonyl (C=O) groups is 2. The monoisotopic (exact) mass is 275 g/mol. The summed E-state index contributed by atoms with van der Waals surface area (Å²) in [6, 6.07) is 5.99. The van der Waals surface area contributed by atoms with Crippen LogP contribution in [0.5, 0.6) is 5.75 Å². The predicted molar refractivity (Wildman–Crippen MR) is 69.2 cm³/mol. The molecule has 2 bridgehead atoms. The third-order valence-corrected chi connectivity index (χ3v) is 3.62.